The van der Waals surface area contributed by atoms with Crippen LogP contribution in [0.15, 0.2) is 34.9 Å². The first-order chi connectivity index (χ1) is 10.8. The summed E-state index contributed by atoms with van der Waals surface area (Å²) in [4.78, 5) is 11.5. The van der Waals surface area contributed by atoms with Crippen molar-refractivity contribution >= 4 is 11.8 Å². The second-order valence-corrected chi connectivity index (χ2v) is 4.57. The van der Waals surface area contributed by atoms with Crippen LogP contribution in [0.25, 0.3) is 0 Å². The molecule has 2 aromatic rings. The molecule has 1 heterocycles. The number of carbonyl (C=O) groups is 1. The number of rotatable bonds is 5. The standard InChI is InChI=1S/C14H14F3N3O3/c1-9-8-12(20-23-9)19-13(21)18-6-7-22-11-4-2-10(3-5-11)14(15,16)17/h2-5,8H,6-7H2,1H3,(H2,18,19,20,21). The fourth-order valence-corrected chi connectivity index (χ4v) is 1.66. The minimum Gasteiger partial charge on any atom is -0.492 e. The van der Waals surface area contributed by atoms with E-state index in [1.165, 1.54) is 12.1 Å². The average molecular weight is 329 g/mol. The van der Waals surface area contributed by atoms with Gasteiger partial charge in [0.1, 0.15) is 18.1 Å². The van der Waals surface area contributed by atoms with Crippen LogP contribution in [-0.2, 0) is 6.18 Å². The van der Waals surface area contributed by atoms with Gasteiger partial charge in [0.05, 0.1) is 12.1 Å². The van der Waals surface area contributed by atoms with E-state index in [-0.39, 0.29) is 24.7 Å². The lowest BCUT2D eigenvalue weighted by molar-refractivity contribution is -0.137. The largest absolute Gasteiger partial charge is 0.492 e. The summed E-state index contributed by atoms with van der Waals surface area (Å²) in [5.74, 6) is 1.13. The summed E-state index contributed by atoms with van der Waals surface area (Å²) in [6.45, 7) is 1.97. The van der Waals surface area contributed by atoms with Crippen LogP contribution in [0.5, 0.6) is 5.75 Å². The first-order valence-corrected chi connectivity index (χ1v) is 6.63. The number of ether oxygens (including phenoxy) is 1. The van der Waals surface area contributed by atoms with E-state index in [0.717, 1.165) is 12.1 Å². The van der Waals surface area contributed by atoms with Gasteiger partial charge in [-0.3, -0.25) is 5.32 Å². The molecule has 0 bridgehead atoms. The van der Waals surface area contributed by atoms with Gasteiger partial charge < -0.3 is 14.6 Å². The lowest BCUT2D eigenvalue weighted by Gasteiger charge is -2.10. The van der Waals surface area contributed by atoms with E-state index >= 15 is 0 Å². The van der Waals surface area contributed by atoms with Gasteiger partial charge in [0.25, 0.3) is 0 Å². The molecule has 0 aliphatic carbocycles. The zero-order chi connectivity index (χ0) is 16.9. The minimum absolute atomic E-state index is 0.108. The van der Waals surface area contributed by atoms with Crippen LogP contribution >= 0.6 is 0 Å². The molecule has 2 N–H and O–H groups in total. The monoisotopic (exact) mass is 329 g/mol. The van der Waals surface area contributed by atoms with E-state index in [9.17, 15) is 18.0 Å². The number of anilines is 1. The van der Waals surface area contributed by atoms with Crippen molar-refractivity contribution in [2.45, 2.75) is 13.1 Å². The third-order valence-corrected chi connectivity index (χ3v) is 2.71. The number of carbonyl (C=O) groups excluding carboxylic acids is 1. The zero-order valence-corrected chi connectivity index (χ0v) is 12.1. The van der Waals surface area contributed by atoms with Crippen molar-refractivity contribution < 1.29 is 27.2 Å². The normalized spacial score (nSPS) is 11.1. The number of urea groups is 1. The number of aryl methyl sites for hydroxylation is 1. The first kappa shape index (κ1) is 16.7. The Morgan fingerprint density at radius 3 is 2.57 bits per heavy atom. The summed E-state index contributed by atoms with van der Waals surface area (Å²) in [5, 5.41) is 8.55. The molecule has 6 nitrogen and oxygen atoms in total. The molecule has 1 aromatic heterocycles. The molecule has 0 fully saturated rings. The molecule has 0 radical (unpaired) electrons. The van der Waals surface area contributed by atoms with Gasteiger partial charge in [0.2, 0.25) is 0 Å². The van der Waals surface area contributed by atoms with E-state index in [1.807, 2.05) is 0 Å². The Bertz CT molecular complexity index is 653. The summed E-state index contributed by atoms with van der Waals surface area (Å²) in [6, 6.07) is 5.37. The smallest absolute Gasteiger partial charge is 0.416 e. The summed E-state index contributed by atoms with van der Waals surface area (Å²) in [6.07, 6.45) is -4.38. The van der Waals surface area contributed by atoms with E-state index in [1.54, 1.807) is 13.0 Å². The Kier molecular flexibility index (Phi) is 5.09. The van der Waals surface area contributed by atoms with Crippen LogP contribution in [0.1, 0.15) is 11.3 Å². The van der Waals surface area contributed by atoms with Crippen molar-refractivity contribution in [3.05, 3.63) is 41.7 Å². The van der Waals surface area contributed by atoms with Crippen LogP contribution in [-0.4, -0.2) is 24.3 Å². The van der Waals surface area contributed by atoms with E-state index in [4.69, 9.17) is 9.26 Å². The molecule has 2 rings (SSSR count). The van der Waals surface area contributed by atoms with E-state index in [2.05, 4.69) is 15.8 Å². The highest BCUT2D eigenvalue weighted by molar-refractivity contribution is 5.88. The highest BCUT2D eigenvalue weighted by atomic mass is 19.4. The highest BCUT2D eigenvalue weighted by Gasteiger charge is 2.29. The topological polar surface area (TPSA) is 76.4 Å². The van der Waals surface area contributed by atoms with Gasteiger partial charge >= 0.3 is 12.2 Å². The molecule has 0 spiro atoms. The van der Waals surface area contributed by atoms with Gasteiger partial charge in [0.15, 0.2) is 5.82 Å². The second kappa shape index (κ2) is 7.03. The molecular formula is C14H14F3N3O3. The maximum absolute atomic E-state index is 12.4. The number of amides is 2. The lowest BCUT2D eigenvalue weighted by Crippen LogP contribution is -2.32. The quantitative estimate of drug-likeness (QED) is 0.826. The Balaban J connectivity index is 1.70. The maximum atomic E-state index is 12.4. The van der Waals surface area contributed by atoms with Crippen molar-refractivity contribution in [1.29, 1.82) is 0 Å². The number of nitrogens with zero attached hydrogens (tertiary/aromatic N) is 1. The molecule has 0 aliphatic heterocycles. The molecule has 0 atom stereocenters. The molecule has 23 heavy (non-hydrogen) atoms. The molecule has 0 saturated carbocycles. The van der Waals surface area contributed by atoms with Crippen molar-refractivity contribution in [2.75, 3.05) is 18.5 Å². The van der Waals surface area contributed by atoms with Gasteiger partial charge in [-0.1, -0.05) is 5.16 Å². The van der Waals surface area contributed by atoms with E-state index in [0.29, 0.717) is 5.76 Å². The number of halogens is 3. The summed E-state index contributed by atoms with van der Waals surface area (Å²) in [7, 11) is 0. The predicted octanol–water partition coefficient (Wildman–Crippen LogP) is 3.20. The number of alkyl halides is 3. The number of nitrogens with one attached hydrogen (secondary N) is 2. The number of hydrogen-bond acceptors (Lipinski definition) is 4. The maximum Gasteiger partial charge on any atom is 0.416 e. The Morgan fingerprint density at radius 2 is 2.00 bits per heavy atom. The van der Waals surface area contributed by atoms with Crippen molar-refractivity contribution in [1.82, 2.24) is 10.5 Å². The van der Waals surface area contributed by atoms with Crippen molar-refractivity contribution in [3.63, 3.8) is 0 Å². The summed E-state index contributed by atoms with van der Waals surface area (Å²) < 4.78 is 47.2. The van der Waals surface area contributed by atoms with Gasteiger partial charge in [-0.2, -0.15) is 13.2 Å². The summed E-state index contributed by atoms with van der Waals surface area (Å²) in [5.41, 5.74) is -0.745. The number of benzene rings is 1. The Labute approximate surface area is 129 Å². The van der Waals surface area contributed by atoms with Gasteiger partial charge in [-0.05, 0) is 31.2 Å². The van der Waals surface area contributed by atoms with Gasteiger partial charge in [-0.25, -0.2) is 4.79 Å². The first-order valence-electron chi connectivity index (χ1n) is 6.63. The summed E-state index contributed by atoms with van der Waals surface area (Å²) >= 11 is 0. The van der Waals surface area contributed by atoms with Gasteiger partial charge in [-0.15, -0.1) is 0 Å². The van der Waals surface area contributed by atoms with Crippen LogP contribution in [0.4, 0.5) is 23.8 Å². The Hall–Kier alpha value is -2.71. The number of aromatic nitrogens is 1. The van der Waals surface area contributed by atoms with Crippen LogP contribution in [0.3, 0.4) is 0 Å². The SMILES string of the molecule is Cc1cc(NC(=O)NCCOc2ccc(C(F)(F)F)cc2)no1. The third kappa shape index (κ3) is 5.20. The second-order valence-electron chi connectivity index (χ2n) is 4.57. The Morgan fingerprint density at radius 1 is 1.30 bits per heavy atom. The number of hydrogen-bond donors (Lipinski definition) is 2. The molecule has 9 heteroatoms. The van der Waals surface area contributed by atoms with E-state index < -0.39 is 17.8 Å². The average Bonchev–Trinajstić information content (AvgIpc) is 2.88. The molecule has 1 aromatic carbocycles. The zero-order valence-electron chi connectivity index (χ0n) is 12.1. The molecule has 0 unspecified atom stereocenters. The van der Waals surface area contributed by atoms with Crippen molar-refractivity contribution in [2.24, 2.45) is 0 Å². The van der Waals surface area contributed by atoms with Crippen molar-refractivity contribution in [3.8, 4) is 5.75 Å². The minimum atomic E-state index is -4.38. The molecule has 124 valence electrons. The molecular weight excluding hydrogens is 315 g/mol. The molecule has 2 amide bonds. The van der Waals surface area contributed by atoms with Crippen LogP contribution < -0.4 is 15.4 Å². The lowest BCUT2D eigenvalue weighted by atomic mass is 10.2. The fourth-order valence-electron chi connectivity index (χ4n) is 1.66. The molecule has 0 aliphatic rings. The predicted molar refractivity (Wildman–Crippen MR) is 75.2 cm³/mol. The molecule has 0 saturated heterocycles. The third-order valence-electron chi connectivity index (χ3n) is 2.71. The fraction of sp³-hybridized carbons (Fsp3) is 0.286. The van der Waals surface area contributed by atoms with Crippen LogP contribution in [0, 0.1) is 6.92 Å². The highest BCUT2D eigenvalue weighted by Crippen LogP contribution is 2.30. The van der Waals surface area contributed by atoms with Crippen LogP contribution in [0.2, 0.25) is 0 Å². The van der Waals surface area contributed by atoms with Gasteiger partial charge in [0, 0.05) is 6.07 Å².